The molecule has 2 aliphatic rings. The summed E-state index contributed by atoms with van der Waals surface area (Å²) in [4.78, 5) is 0. The Kier molecular flexibility index (Phi) is 2.07. The highest BCUT2D eigenvalue weighted by Crippen LogP contribution is 2.47. The molecule has 0 heterocycles. The molecule has 0 heteroatoms. The molecule has 2 aliphatic carbocycles. The van der Waals surface area contributed by atoms with Crippen LogP contribution in [0.5, 0.6) is 0 Å². The van der Waals surface area contributed by atoms with Crippen LogP contribution < -0.4 is 0 Å². The SMILES string of the molecule is CC1(C)Cc2ccccc2C2=CCCC=C21. The molecular weight excluding hydrogens is 192 g/mol. The Labute approximate surface area is 97.7 Å². The Balaban J connectivity index is 2.23. The third-order valence-corrected chi connectivity index (χ3v) is 3.82. The van der Waals surface area contributed by atoms with Crippen LogP contribution >= 0.6 is 0 Å². The second-order valence-electron chi connectivity index (χ2n) is 5.53. The zero-order chi connectivity index (χ0) is 11.2. The summed E-state index contributed by atoms with van der Waals surface area (Å²) in [6.07, 6.45) is 8.46. The van der Waals surface area contributed by atoms with E-state index in [4.69, 9.17) is 0 Å². The Hall–Kier alpha value is -1.30. The summed E-state index contributed by atoms with van der Waals surface area (Å²) >= 11 is 0. The Morgan fingerprint density at radius 3 is 2.62 bits per heavy atom. The molecule has 0 aliphatic heterocycles. The summed E-state index contributed by atoms with van der Waals surface area (Å²) in [6.45, 7) is 4.74. The molecule has 0 fully saturated rings. The first-order chi connectivity index (χ1) is 7.68. The van der Waals surface area contributed by atoms with Crippen LogP contribution in [0.2, 0.25) is 0 Å². The van der Waals surface area contributed by atoms with E-state index in [9.17, 15) is 0 Å². The van der Waals surface area contributed by atoms with Gasteiger partial charge in [-0.15, -0.1) is 0 Å². The lowest BCUT2D eigenvalue weighted by molar-refractivity contribution is 0.446. The van der Waals surface area contributed by atoms with Crippen molar-refractivity contribution in [3.8, 4) is 0 Å². The quantitative estimate of drug-likeness (QED) is 0.596. The third kappa shape index (κ3) is 1.36. The molecule has 0 spiro atoms. The van der Waals surface area contributed by atoms with Crippen molar-refractivity contribution in [3.05, 3.63) is 53.1 Å². The highest BCUT2D eigenvalue weighted by atomic mass is 14.4. The Bertz CT molecular complexity index is 487. The van der Waals surface area contributed by atoms with Crippen LogP contribution in [0.4, 0.5) is 0 Å². The van der Waals surface area contributed by atoms with E-state index in [0.29, 0.717) is 5.41 Å². The fourth-order valence-electron chi connectivity index (χ4n) is 3.08. The molecular formula is C16H18. The van der Waals surface area contributed by atoms with Gasteiger partial charge in [0.15, 0.2) is 0 Å². The molecule has 0 saturated carbocycles. The van der Waals surface area contributed by atoms with E-state index in [1.54, 1.807) is 5.57 Å². The van der Waals surface area contributed by atoms with Crippen molar-refractivity contribution in [3.63, 3.8) is 0 Å². The third-order valence-electron chi connectivity index (χ3n) is 3.82. The van der Waals surface area contributed by atoms with Crippen LogP contribution in [-0.4, -0.2) is 0 Å². The monoisotopic (exact) mass is 210 g/mol. The van der Waals surface area contributed by atoms with Gasteiger partial charge in [-0.2, -0.15) is 0 Å². The van der Waals surface area contributed by atoms with E-state index in [-0.39, 0.29) is 0 Å². The maximum atomic E-state index is 2.45. The van der Waals surface area contributed by atoms with E-state index >= 15 is 0 Å². The van der Waals surface area contributed by atoms with E-state index in [1.807, 2.05) is 0 Å². The zero-order valence-corrected chi connectivity index (χ0v) is 10.1. The first kappa shape index (κ1) is 9.89. The number of hydrogen-bond donors (Lipinski definition) is 0. The second-order valence-corrected chi connectivity index (χ2v) is 5.53. The summed E-state index contributed by atoms with van der Waals surface area (Å²) in [5.74, 6) is 0. The molecule has 1 aromatic carbocycles. The van der Waals surface area contributed by atoms with Gasteiger partial charge in [-0.3, -0.25) is 0 Å². The first-order valence-corrected chi connectivity index (χ1v) is 6.18. The summed E-state index contributed by atoms with van der Waals surface area (Å²) in [5, 5.41) is 0. The fourth-order valence-corrected chi connectivity index (χ4v) is 3.08. The molecule has 0 N–H and O–H groups in total. The Morgan fingerprint density at radius 1 is 1.00 bits per heavy atom. The molecule has 82 valence electrons. The topological polar surface area (TPSA) is 0 Å². The van der Waals surface area contributed by atoms with E-state index in [1.165, 1.54) is 36.0 Å². The summed E-state index contributed by atoms with van der Waals surface area (Å²) in [6, 6.07) is 8.87. The van der Waals surface area contributed by atoms with E-state index < -0.39 is 0 Å². The maximum absolute atomic E-state index is 2.45. The van der Waals surface area contributed by atoms with Crippen molar-refractivity contribution in [1.29, 1.82) is 0 Å². The van der Waals surface area contributed by atoms with Gasteiger partial charge in [0.25, 0.3) is 0 Å². The predicted molar refractivity (Wildman–Crippen MR) is 69.2 cm³/mol. The van der Waals surface area contributed by atoms with Crippen molar-refractivity contribution in [2.45, 2.75) is 33.1 Å². The van der Waals surface area contributed by atoms with Crippen LogP contribution in [0, 0.1) is 5.41 Å². The van der Waals surface area contributed by atoms with Gasteiger partial charge in [0.2, 0.25) is 0 Å². The zero-order valence-electron chi connectivity index (χ0n) is 10.1. The van der Waals surface area contributed by atoms with Crippen LogP contribution in [0.25, 0.3) is 5.57 Å². The van der Waals surface area contributed by atoms with E-state index in [2.05, 4.69) is 50.3 Å². The molecule has 3 rings (SSSR count). The summed E-state index contributed by atoms with van der Waals surface area (Å²) < 4.78 is 0. The van der Waals surface area contributed by atoms with Crippen LogP contribution in [0.15, 0.2) is 42.0 Å². The Morgan fingerprint density at radius 2 is 1.75 bits per heavy atom. The van der Waals surface area contributed by atoms with Crippen LogP contribution in [0.3, 0.4) is 0 Å². The molecule has 16 heavy (non-hydrogen) atoms. The van der Waals surface area contributed by atoms with Crippen molar-refractivity contribution < 1.29 is 0 Å². The molecule has 0 unspecified atom stereocenters. The molecule has 0 amide bonds. The first-order valence-electron chi connectivity index (χ1n) is 6.18. The van der Waals surface area contributed by atoms with Gasteiger partial charge in [0, 0.05) is 0 Å². The largest absolute Gasteiger partial charge is 0.0798 e. The highest BCUT2D eigenvalue weighted by Gasteiger charge is 2.33. The van der Waals surface area contributed by atoms with Gasteiger partial charge in [0.05, 0.1) is 0 Å². The van der Waals surface area contributed by atoms with Gasteiger partial charge in [-0.05, 0) is 47.0 Å². The van der Waals surface area contributed by atoms with Crippen molar-refractivity contribution >= 4 is 5.57 Å². The molecule has 1 aromatic rings. The number of benzene rings is 1. The maximum Gasteiger partial charge on any atom is -0.00601 e. The smallest absolute Gasteiger partial charge is 0.00601 e. The van der Waals surface area contributed by atoms with Crippen molar-refractivity contribution in [2.24, 2.45) is 5.41 Å². The van der Waals surface area contributed by atoms with Crippen LogP contribution in [-0.2, 0) is 6.42 Å². The van der Waals surface area contributed by atoms with Gasteiger partial charge in [-0.1, -0.05) is 50.3 Å². The van der Waals surface area contributed by atoms with Crippen molar-refractivity contribution in [1.82, 2.24) is 0 Å². The normalized spacial score (nSPS) is 21.6. The second kappa shape index (κ2) is 3.35. The van der Waals surface area contributed by atoms with Gasteiger partial charge >= 0.3 is 0 Å². The van der Waals surface area contributed by atoms with Gasteiger partial charge in [0.1, 0.15) is 0 Å². The molecule has 0 radical (unpaired) electrons. The van der Waals surface area contributed by atoms with Crippen LogP contribution in [0.1, 0.15) is 37.8 Å². The van der Waals surface area contributed by atoms with Gasteiger partial charge in [-0.25, -0.2) is 0 Å². The molecule has 0 atom stereocenters. The minimum atomic E-state index is 0.306. The summed E-state index contributed by atoms with van der Waals surface area (Å²) in [5.41, 5.74) is 6.35. The highest BCUT2D eigenvalue weighted by molar-refractivity contribution is 5.84. The average molecular weight is 210 g/mol. The number of rotatable bonds is 0. The number of hydrogen-bond acceptors (Lipinski definition) is 0. The number of allylic oxidation sites excluding steroid dienone is 4. The lowest BCUT2D eigenvalue weighted by Crippen LogP contribution is -2.25. The minimum Gasteiger partial charge on any atom is -0.0798 e. The van der Waals surface area contributed by atoms with E-state index in [0.717, 1.165) is 0 Å². The average Bonchev–Trinajstić information content (AvgIpc) is 2.29. The molecule has 0 bridgehead atoms. The lowest BCUT2D eigenvalue weighted by Gasteiger charge is -2.38. The number of fused-ring (bicyclic) bond motifs is 3. The minimum absolute atomic E-state index is 0.306. The molecule has 0 nitrogen and oxygen atoms in total. The van der Waals surface area contributed by atoms with Crippen molar-refractivity contribution in [2.75, 3.05) is 0 Å². The summed E-state index contributed by atoms with van der Waals surface area (Å²) in [7, 11) is 0. The lowest BCUT2D eigenvalue weighted by atomic mass is 9.66. The predicted octanol–water partition coefficient (Wildman–Crippen LogP) is 4.37. The molecule has 0 aromatic heterocycles. The molecule has 0 saturated heterocycles. The van der Waals surface area contributed by atoms with Gasteiger partial charge < -0.3 is 0 Å². The fraction of sp³-hybridized carbons (Fsp3) is 0.375. The standard InChI is InChI=1S/C16H18/c1-16(2)11-12-7-3-4-8-13(12)14-9-5-6-10-15(14)16/h3-4,7-10H,5-6,11H2,1-2H3.